The van der Waals surface area contributed by atoms with E-state index in [4.69, 9.17) is 0 Å². The molecule has 0 aromatic rings. The van der Waals surface area contributed by atoms with Gasteiger partial charge in [0.2, 0.25) is 0 Å². The third-order valence-electron chi connectivity index (χ3n) is 4.80. The van der Waals surface area contributed by atoms with E-state index in [1.165, 1.54) is 0 Å². The highest BCUT2D eigenvalue weighted by Crippen LogP contribution is 2.57. The van der Waals surface area contributed by atoms with E-state index in [2.05, 4.69) is 6.58 Å². The van der Waals surface area contributed by atoms with Gasteiger partial charge in [-0.3, -0.25) is 9.59 Å². The van der Waals surface area contributed by atoms with Gasteiger partial charge < -0.3 is 0 Å². The number of hydrogen-bond acceptors (Lipinski definition) is 2. The fourth-order valence-electron chi connectivity index (χ4n) is 4.24. The fraction of sp³-hybridized carbons (Fsp3) is 0.733. The van der Waals surface area contributed by atoms with E-state index in [0.717, 1.165) is 19.3 Å². The summed E-state index contributed by atoms with van der Waals surface area (Å²) in [6.07, 6.45) is 5.73. The largest absolute Gasteiger partial charge is 0.300 e. The number of fused-ring (bicyclic) bond motifs is 2. The molecule has 0 saturated heterocycles. The zero-order valence-electron chi connectivity index (χ0n) is 10.8. The molecular weight excluding hydrogens is 212 g/mol. The van der Waals surface area contributed by atoms with Crippen LogP contribution in [0.25, 0.3) is 0 Å². The number of hydrogen-bond donors (Lipinski definition) is 0. The maximum atomic E-state index is 12.1. The van der Waals surface area contributed by atoms with Gasteiger partial charge in [0.15, 0.2) is 0 Å². The Morgan fingerprint density at radius 1 is 1.29 bits per heavy atom. The third-order valence-corrected chi connectivity index (χ3v) is 4.80. The average Bonchev–Trinajstić information content (AvgIpc) is 2.85. The summed E-state index contributed by atoms with van der Waals surface area (Å²) in [4.78, 5) is 23.8. The van der Waals surface area contributed by atoms with Crippen molar-refractivity contribution < 1.29 is 9.59 Å². The van der Waals surface area contributed by atoms with Gasteiger partial charge in [-0.2, -0.15) is 0 Å². The van der Waals surface area contributed by atoms with E-state index in [1.807, 2.05) is 13.0 Å². The molecular formula is C15H22O2. The SMILES string of the molecule is C=CCC1CC2CC1C(C(=O)CC)C2C(C)=O. The molecule has 0 amide bonds. The van der Waals surface area contributed by atoms with Crippen LogP contribution in [0.2, 0.25) is 0 Å². The lowest BCUT2D eigenvalue weighted by Crippen LogP contribution is -2.37. The zero-order valence-corrected chi connectivity index (χ0v) is 10.8. The summed E-state index contributed by atoms with van der Waals surface area (Å²) in [5.41, 5.74) is 0. The summed E-state index contributed by atoms with van der Waals surface area (Å²) in [7, 11) is 0. The first-order valence-electron chi connectivity index (χ1n) is 6.74. The number of carbonyl (C=O) groups excluding carboxylic acids is 2. The lowest BCUT2D eigenvalue weighted by Gasteiger charge is -2.33. The molecule has 94 valence electrons. The van der Waals surface area contributed by atoms with Crippen molar-refractivity contribution in [1.29, 1.82) is 0 Å². The smallest absolute Gasteiger partial charge is 0.136 e. The maximum absolute atomic E-state index is 12.1. The van der Waals surface area contributed by atoms with Crippen LogP contribution in [0, 0.1) is 29.6 Å². The maximum Gasteiger partial charge on any atom is 0.136 e. The summed E-state index contributed by atoms with van der Waals surface area (Å²) >= 11 is 0. The Morgan fingerprint density at radius 2 is 2.00 bits per heavy atom. The number of ketones is 2. The zero-order chi connectivity index (χ0) is 12.6. The van der Waals surface area contributed by atoms with Gasteiger partial charge in [-0.05, 0) is 43.9 Å². The van der Waals surface area contributed by atoms with Crippen molar-refractivity contribution >= 4 is 11.6 Å². The standard InChI is InChI=1S/C15H22O2/c1-4-6-10-7-11-8-12(10)15(13(17)5-2)14(11)9(3)16/h4,10-12,14-15H,1,5-8H2,2-3H3. The Kier molecular flexibility index (Phi) is 3.50. The van der Waals surface area contributed by atoms with Crippen LogP contribution in [-0.4, -0.2) is 11.6 Å². The molecule has 17 heavy (non-hydrogen) atoms. The van der Waals surface area contributed by atoms with Gasteiger partial charge in [0.25, 0.3) is 0 Å². The van der Waals surface area contributed by atoms with Crippen molar-refractivity contribution in [2.75, 3.05) is 0 Å². The van der Waals surface area contributed by atoms with Crippen molar-refractivity contribution in [3.8, 4) is 0 Å². The van der Waals surface area contributed by atoms with Crippen LogP contribution in [0.4, 0.5) is 0 Å². The molecule has 0 spiro atoms. The molecule has 2 rings (SSSR count). The predicted molar refractivity (Wildman–Crippen MR) is 67.5 cm³/mol. The van der Waals surface area contributed by atoms with Crippen molar-refractivity contribution in [1.82, 2.24) is 0 Å². The summed E-state index contributed by atoms with van der Waals surface area (Å²) in [5.74, 6) is 2.05. The van der Waals surface area contributed by atoms with Crippen molar-refractivity contribution in [3.63, 3.8) is 0 Å². The highest BCUT2D eigenvalue weighted by molar-refractivity contribution is 5.90. The Hall–Kier alpha value is -0.920. The molecule has 2 aliphatic carbocycles. The van der Waals surface area contributed by atoms with Crippen LogP contribution in [0.1, 0.15) is 39.5 Å². The topological polar surface area (TPSA) is 34.1 Å². The van der Waals surface area contributed by atoms with Crippen molar-refractivity contribution in [3.05, 3.63) is 12.7 Å². The predicted octanol–water partition coefficient (Wildman–Crippen LogP) is 3.02. The summed E-state index contributed by atoms with van der Waals surface area (Å²) in [6.45, 7) is 7.37. The second kappa shape index (κ2) is 4.75. The van der Waals surface area contributed by atoms with Crippen molar-refractivity contribution in [2.24, 2.45) is 29.6 Å². The van der Waals surface area contributed by atoms with Crippen LogP contribution in [0.3, 0.4) is 0 Å². The van der Waals surface area contributed by atoms with Gasteiger partial charge in [0.05, 0.1) is 0 Å². The van der Waals surface area contributed by atoms with Gasteiger partial charge >= 0.3 is 0 Å². The molecule has 2 bridgehead atoms. The summed E-state index contributed by atoms with van der Waals surface area (Å²) in [5, 5.41) is 0. The summed E-state index contributed by atoms with van der Waals surface area (Å²) in [6, 6.07) is 0. The molecule has 0 heterocycles. The van der Waals surface area contributed by atoms with Crippen LogP contribution in [-0.2, 0) is 9.59 Å². The minimum absolute atomic E-state index is 0.0150. The third kappa shape index (κ3) is 1.98. The van der Waals surface area contributed by atoms with E-state index in [9.17, 15) is 9.59 Å². The van der Waals surface area contributed by atoms with E-state index >= 15 is 0 Å². The van der Waals surface area contributed by atoms with Crippen molar-refractivity contribution in [2.45, 2.75) is 39.5 Å². The van der Waals surface area contributed by atoms with Gasteiger partial charge in [0.1, 0.15) is 11.6 Å². The van der Waals surface area contributed by atoms with Gasteiger partial charge in [0, 0.05) is 18.3 Å². The number of carbonyl (C=O) groups is 2. The van der Waals surface area contributed by atoms with Crippen LogP contribution >= 0.6 is 0 Å². The second-order valence-corrected chi connectivity index (χ2v) is 5.66. The molecule has 0 N–H and O–H groups in total. The van der Waals surface area contributed by atoms with Crippen LogP contribution in [0.15, 0.2) is 12.7 Å². The second-order valence-electron chi connectivity index (χ2n) is 5.66. The van der Waals surface area contributed by atoms with Gasteiger partial charge in [-0.25, -0.2) is 0 Å². The van der Waals surface area contributed by atoms with E-state index in [1.54, 1.807) is 6.92 Å². The Balaban J connectivity index is 2.22. The molecule has 0 aliphatic heterocycles. The van der Waals surface area contributed by atoms with Crippen LogP contribution < -0.4 is 0 Å². The average molecular weight is 234 g/mol. The molecule has 2 nitrogen and oxygen atoms in total. The monoisotopic (exact) mass is 234 g/mol. The molecule has 0 radical (unpaired) electrons. The van der Waals surface area contributed by atoms with E-state index in [0.29, 0.717) is 30.0 Å². The molecule has 5 atom stereocenters. The Morgan fingerprint density at radius 3 is 2.53 bits per heavy atom. The molecule has 5 unspecified atom stereocenters. The van der Waals surface area contributed by atoms with Gasteiger partial charge in [-0.1, -0.05) is 13.0 Å². The lowest BCUT2D eigenvalue weighted by atomic mass is 9.69. The molecule has 0 aromatic carbocycles. The van der Waals surface area contributed by atoms with E-state index in [-0.39, 0.29) is 17.6 Å². The number of rotatable bonds is 5. The summed E-state index contributed by atoms with van der Waals surface area (Å²) < 4.78 is 0. The fourth-order valence-corrected chi connectivity index (χ4v) is 4.24. The number of allylic oxidation sites excluding steroid dienone is 1. The Bertz CT molecular complexity index is 345. The Labute approximate surface area is 103 Å². The van der Waals surface area contributed by atoms with E-state index < -0.39 is 0 Å². The first kappa shape index (κ1) is 12.5. The number of Topliss-reactive ketones (excluding diaryl/α,β-unsaturated/α-hetero) is 2. The van der Waals surface area contributed by atoms with Gasteiger partial charge in [-0.15, -0.1) is 6.58 Å². The molecule has 0 aromatic heterocycles. The first-order valence-corrected chi connectivity index (χ1v) is 6.74. The highest BCUT2D eigenvalue weighted by Gasteiger charge is 2.55. The minimum atomic E-state index is 0.0150. The quantitative estimate of drug-likeness (QED) is 0.685. The highest BCUT2D eigenvalue weighted by atomic mass is 16.1. The first-order chi connectivity index (χ1) is 8.10. The molecule has 2 aliphatic rings. The van der Waals surface area contributed by atoms with Crippen LogP contribution in [0.5, 0.6) is 0 Å². The molecule has 2 saturated carbocycles. The minimum Gasteiger partial charge on any atom is -0.300 e. The lowest BCUT2D eigenvalue weighted by molar-refractivity contribution is -0.134. The normalized spacial score (nSPS) is 39.3. The molecule has 2 fully saturated rings. The molecule has 2 heteroatoms.